The number of thiophene rings is 1. The molecule has 1 saturated carbocycles. The molecule has 114 valence electrons. The smallest absolute Gasteiger partial charge is 0.250 e. The minimum Gasteiger partial charge on any atom is -0.391 e. The summed E-state index contributed by atoms with van der Waals surface area (Å²) in [6.45, 7) is 2.09. The molecule has 1 aromatic heterocycles. The van der Waals surface area contributed by atoms with Crippen LogP contribution in [0.1, 0.15) is 50.3 Å². The molecule has 0 unspecified atom stereocenters. The van der Waals surface area contributed by atoms with Crippen molar-refractivity contribution in [2.45, 2.75) is 62.3 Å². The summed E-state index contributed by atoms with van der Waals surface area (Å²) in [5, 5.41) is 9.01. The van der Waals surface area contributed by atoms with Crippen molar-refractivity contribution in [2.24, 2.45) is 5.92 Å². The minimum absolute atomic E-state index is 0.0628. The van der Waals surface area contributed by atoms with Gasteiger partial charge in [0.1, 0.15) is 4.21 Å². The first-order chi connectivity index (χ1) is 9.55. The van der Waals surface area contributed by atoms with Crippen LogP contribution >= 0.6 is 11.3 Å². The summed E-state index contributed by atoms with van der Waals surface area (Å²) >= 11 is 1.14. The zero-order valence-corrected chi connectivity index (χ0v) is 13.5. The predicted octanol–water partition coefficient (Wildman–Crippen LogP) is 2.88. The Bertz CT molecular complexity index is 516. The summed E-state index contributed by atoms with van der Waals surface area (Å²) in [5.74, 6) is 0.767. The molecule has 2 N–H and O–H groups in total. The maximum Gasteiger partial charge on any atom is 0.250 e. The van der Waals surface area contributed by atoms with Crippen LogP contribution in [0.25, 0.3) is 0 Å². The van der Waals surface area contributed by atoms with Gasteiger partial charge in [0.05, 0.1) is 6.61 Å². The molecule has 1 heterocycles. The van der Waals surface area contributed by atoms with E-state index < -0.39 is 10.0 Å². The van der Waals surface area contributed by atoms with E-state index in [9.17, 15) is 8.42 Å². The van der Waals surface area contributed by atoms with Crippen molar-refractivity contribution in [1.82, 2.24) is 4.72 Å². The highest BCUT2D eigenvalue weighted by atomic mass is 32.2. The maximum absolute atomic E-state index is 12.3. The van der Waals surface area contributed by atoms with Gasteiger partial charge in [0.2, 0.25) is 10.0 Å². The fourth-order valence-corrected chi connectivity index (χ4v) is 5.38. The number of rotatable bonds is 6. The Kier molecular flexibility index (Phi) is 5.60. The van der Waals surface area contributed by atoms with E-state index in [1.807, 2.05) is 0 Å². The van der Waals surface area contributed by atoms with Crippen LogP contribution in [0.15, 0.2) is 16.3 Å². The van der Waals surface area contributed by atoms with Gasteiger partial charge in [-0.2, -0.15) is 0 Å². The largest absolute Gasteiger partial charge is 0.391 e. The van der Waals surface area contributed by atoms with Crippen LogP contribution in [0.4, 0.5) is 0 Å². The third-order valence-corrected chi connectivity index (χ3v) is 7.01. The van der Waals surface area contributed by atoms with Crippen molar-refractivity contribution < 1.29 is 13.5 Å². The van der Waals surface area contributed by atoms with E-state index in [4.69, 9.17) is 5.11 Å². The molecule has 6 heteroatoms. The molecule has 0 atom stereocenters. The zero-order valence-electron chi connectivity index (χ0n) is 11.8. The summed E-state index contributed by atoms with van der Waals surface area (Å²) in [5.41, 5.74) is 0. The van der Waals surface area contributed by atoms with E-state index in [1.54, 1.807) is 12.1 Å². The maximum atomic E-state index is 12.3. The molecule has 0 amide bonds. The Labute approximate surface area is 125 Å². The second-order valence-electron chi connectivity index (χ2n) is 5.51. The molecule has 0 aromatic carbocycles. The Balaban J connectivity index is 1.92. The first-order valence-corrected chi connectivity index (χ1v) is 9.57. The van der Waals surface area contributed by atoms with Crippen LogP contribution < -0.4 is 4.72 Å². The summed E-state index contributed by atoms with van der Waals surface area (Å²) in [6.07, 6.45) is 6.56. The second kappa shape index (κ2) is 7.02. The van der Waals surface area contributed by atoms with E-state index in [0.29, 0.717) is 9.09 Å². The fraction of sp³-hybridized carbons (Fsp3) is 0.714. The molecule has 1 aliphatic carbocycles. The van der Waals surface area contributed by atoms with Gasteiger partial charge in [-0.25, -0.2) is 13.1 Å². The lowest BCUT2D eigenvalue weighted by Gasteiger charge is -2.28. The summed E-state index contributed by atoms with van der Waals surface area (Å²) in [6, 6.07) is 3.30. The topological polar surface area (TPSA) is 66.4 Å². The lowest BCUT2D eigenvalue weighted by atomic mass is 9.84. The molecule has 0 aliphatic heterocycles. The van der Waals surface area contributed by atoms with Gasteiger partial charge in [-0.3, -0.25) is 0 Å². The molecular formula is C14H23NO3S2. The van der Waals surface area contributed by atoms with Crippen LogP contribution in [0.2, 0.25) is 0 Å². The van der Waals surface area contributed by atoms with Crippen LogP contribution in [0.5, 0.6) is 0 Å². The summed E-state index contributed by atoms with van der Waals surface area (Å²) in [4.78, 5) is 0.678. The third kappa shape index (κ3) is 4.04. The molecule has 1 aliphatic rings. The van der Waals surface area contributed by atoms with E-state index >= 15 is 0 Å². The van der Waals surface area contributed by atoms with Gasteiger partial charge in [0.15, 0.2) is 0 Å². The van der Waals surface area contributed by atoms with E-state index in [-0.39, 0.29) is 12.6 Å². The van der Waals surface area contributed by atoms with Crippen LogP contribution in [-0.2, 0) is 16.6 Å². The number of aliphatic hydroxyl groups excluding tert-OH is 1. The summed E-state index contributed by atoms with van der Waals surface area (Å²) < 4.78 is 27.6. The first kappa shape index (κ1) is 15.9. The molecule has 1 aromatic rings. The van der Waals surface area contributed by atoms with Gasteiger partial charge in [-0.1, -0.05) is 19.8 Å². The van der Waals surface area contributed by atoms with Crippen LogP contribution in [0.3, 0.4) is 0 Å². The van der Waals surface area contributed by atoms with Crippen molar-refractivity contribution in [1.29, 1.82) is 0 Å². The molecule has 1 fully saturated rings. The molecule has 0 bridgehead atoms. The Morgan fingerprint density at radius 2 is 2.00 bits per heavy atom. The fourth-order valence-electron chi connectivity index (χ4n) is 2.84. The lowest BCUT2D eigenvalue weighted by molar-refractivity contribution is 0.285. The van der Waals surface area contributed by atoms with Crippen LogP contribution in [-0.4, -0.2) is 19.6 Å². The average molecular weight is 317 g/mol. The van der Waals surface area contributed by atoms with Gasteiger partial charge < -0.3 is 5.11 Å². The van der Waals surface area contributed by atoms with Crippen LogP contribution in [0, 0.1) is 5.92 Å². The lowest BCUT2D eigenvalue weighted by Crippen LogP contribution is -2.37. The molecule has 0 saturated heterocycles. The van der Waals surface area contributed by atoms with Crippen molar-refractivity contribution in [2.75, 3.05) is 0 Å². The highest BCUT2D eigenvalue weighted by molar-refractivity contribution is 7.91. The zero-order chi connectivity index (χ0) is 14.6. The first-order valence-electron chi connectivity index (χ1n) is 7.27. The highest BCUT2D eigenvalue weighted by Crippen LogP contribution is 2.29. The van der Waals surface area contributed by atoms with Gasteiger partial charge in [-0.15, -0.1) is 11.3 Å². The van der Waals surface area contributed by atoms with Gasteiger partial charge >= 0.3 is 0 Å². The number of hydrogen-bond donors (Lipinski definition) is 2. The van der Waals surface area contributed by atoms with Crippen molar-refractivity contribution in [3.8, 4) is 0 Å². The quantitative estimate of drug-likeness (QED) is 0.848. The SMILES string of the molecule is CCCC1CCC(NS(=O)(=O)c2ccc(CO)s2)CC1. The summed E-state index contributed by atoms with van der Waals surface area (Å²) in [7, 11) is -3.42. The van der Waals surface area contributed by atoms with Crippen molar-refractivity contribution >= 4 is 21.4 Å². The number of nitrogens with one attached hydrogen (secondary N) is 1. The Hall–Kier alpha value is -0.430. The van der Waals surface area contributed by atoms with E-state index in [0.717, 1.165) is 42.9 Å². The molecule has 2 rings (SSSR count). The van der Waals surface area contributed by atoms with E-state index in [2.05, 4.69) is 11.6 Å². The number of aliphatic hydroxyl groups is 1. The van der Waals surface area contributed by atoms with Crippen molar-refractivity contribution in [3.63, 3.8) is 0 Å². The average Bonchev–Trinajstić information content (AvgIpc) is 2.91. The monoisotopic (exact) mass is 317 g/mol. The Morgan fingerprint density at radius 1 is 1.30 bits per heavy atom. The van der Waals surface area contributed by atoms with Gasteiger partial charge in [0, 0.05) is 10.9 Å². The predicted molar refractivity (Wildman–Crippen MR) is 81.2 cm³/mol. The minimum atomic E-state index is -3.42. The third-order valence-electron chi connectivity index (χ3n) is 3.92. The number of sulfonamides is 1. The van der Waals surface area contributed by atoms with E-state index in [1.165, 1.54) is 12.8 Å². The van der Waals surface area contributed by atoms with Gasteiger partial charge in [-0.05, 0) is 43.7 Å². The Morgan fingerprint density at radius 3 is 2.55 bits per heavy atom. The molecule has 0 spiro atoms. The van der Waals surface area contributed by atoms with Crippen molar-refractivity contribution in [3.05, 3.63) is 17.0 Å². The molecule has 0 radical (unpaired) electrons. The second-order valence-corrected chi connectivity index (χ2v) is 8.62. The molecule has 20 heavy (non-hydrogen) atoms. The molecular weight excluding hydrogens is 294 g/mol. The normalized spacial score (nSPS) is 23.9. The molecule has 4 nitrogen and oxygen atoms in total. The highest BCUT2D eigenvalue weighted by Gasteiger charge is 2.26. The standard InChI is InChI=1S/C14H23NO3S2/c1-2-3-11-4-6-12(7-5-11)15-20(17,18)14-9-8-13(10-16)19-14/h8-9,11-12,15-16H,2-7,10H2,1H3. The van der Waals surface area contributed by atoms with Gasteiger partial charge in [0.25, 0.3) is 0 Å². The number of hydrogen-bond acceptors (Lipinski definition) is 4.